The van der Waals surface area contributed by atoms with Crippen molar-refractivity contribution >= 4 is 15.9 Å². The van der Waals surface area contributed by atoms with Crippen molar-refractivity contribution in [2.24, 2.45) is 5.14 Å². The molecule has 0 bridgehead atoms. The van der Waals surface area contributed by atoms with E-state index in [9.17, 15) is 26.4 Å². The zero-order chi connectivity index (χ0) is 20.2. The highest BCUT2D eigenvalue weighted by Crippen LogP contribution is 2.29. The van der Waals surface area contributed by atoms with Crippen molar-refractivity contribution in [3.63, 3.8) is 0 Å². The summed E-state index contributed by atoms with van der Waals surface area (Å²) in [5, 5.41) is 7.62. The predicted octanol–water partition coefficient (Wildman–Crippen LogP) is 2.33. The van der Waals surface area contributed by atoms with Crippen LogP contribution < -0.4 is 15.2 Å². The fraction of sp³-hybridized carbons (Fsp3) is 0.235. The molecule has 0 aliphatic rings. The first-order valence-electron chi connectivity index (χ1n) is 7.67. The van der Waals surface area contributed by atoms with Crippen LogP contribution >= 0.6 is 0 Å². The Labute approximate surface area is 154 Å². The molecule has 2 rings (SSSR count). The van der Waals surface area contributed by atoms with Crippen molar-refractivity contribution in [3.8, 4) is 5.75 Å². The quantitative estimate of drug-likeness (QED) is 0.775. The molecule has 6 nitrogen and oxygen atoms in total. The summed E-state index contributed by atoms with van der Waals surface area (Å²) in [4.78, 5) is 12.1. The SMILES string of the molecule is COc1ccc(S(N)(=O)=O)cc1C(=O)NCCc1ccc(C(F)(F)F)cc1. The van der Waals surface area contributed by atoms with E-state index in [4.69, 9.17) is 9.88 Å². The first-order valence-corrected chi connectivity index (χ1v) is 9.22. The van der Waals surface area contributed by atoms with Gasteiger partial charge in [0, 0.05) is 6.54 Å². The molecule has 0 aliphatic heterocycles. The lowest BCUT2D eigenvalue weighted by molar-refractivity contribution is -0.137. The number of methoxy groups -OCH3 is 1. The highest BCUT2D eigenvalue weighted by atomic mass is 32.2. The number of rotatable bonds is 6. The number of ether oxygens (including phenoxy) is 1. The molecule has 146 valence electrons. The number of halogens is 3. The zero-order valence-corrected chi connectivity index (χ0v) is 15.0. The largest absolute Gasteiger partial charge is 0.496 e. The van der Waals surface area contributed by atoms with Gasteiger partial charge in [-0.2, -0.15) is 13.2 Å². The molecule has 2 aromatic carbocycles. The van der Waals surface area contributed by atoms with Gasteiger partial charge in [-0.15, -0.1) is 0 Å². The van der Waals surface area contributed by atoms with Gasteiger partial charge in [0.2, 0.25) is 10.0 Å². The average molecular weight is 402 g/mol. The van der Waals surface area contributed by atoms with Crippen LogP contribution in [0.2, 0.25) is 0 Å². The van der Waals surface area contributed by atoms with E-state index in [-0.39, 0.29) is 22.8 Å². The summed E-state index contributed by atoms with van der Waals surface area (Å²) in [5.74, 6) is -0.432. The van der Waals surface area contributed by atoms with Crippen LogP contribution in [0.4, 0.5) is 13.2 Å². The third-order valence-electron chi connectivity index (χ3n) is 3.72. The molecule has 3 N–H and O–H groups in total. The van der Waals surface area contributed by atoms with Crippen LogP contribution in [0.1, 0.15) is 21.5 Å². The van der Waals surface area contributed by atoms with E-state index in [1.165, 1.54) is 31.4 Å². The minimum atomic E-state index is -4.41. The molecular formula is C17H17F3N2O4S. The molecule has 0 fully saturated rings. The number of sulfonamides is 1. The smallest absolute Gasteiger partial charge is 0.416 e. The number of benzene rings is 2. The van der Waals surface area contributed by atoms with Gasteiger partial charge in [-0.05, 0) is 42.3 Å². The van der Waals surface area contributed by atoms with Crippen molar-refractivity contribution in [1.29, 1.82) is 0 Å². The Kier molecular flexibility index (Phi) is 6.11. The van der Waals surface area contributed by atoms with Gasteiger partial charge in [-0.25, -0.2) is 13.6 Å². The monoisotopic (exact) mass is 402 g/mol. The van der Waals surface area contributed by atoms with Crippen LogP contribution in [-0.2, 0) is 22.6 Å². The molecule has 2 aromatic rings. The molecule has 0 heterocycles. The first kappa shape index (κ1) is 20.7. The van der Waals surface area contributed by atoms with Crippen LogP contribution in [0.25, 0.3) is 0 Å². The summed E-state index contributed by atoms with van der Waals surface area (Å²) in [6.45, 7) is 0.132. The van der Waals surface area contributed by atoms with Gasteiger partial charge in [0.05, 0.1) is 23.1 Å². The number of nitrogens with one attached hydrogen (secondary N) is 1. The predicted molar refractivity (Wildman–Crippen MR) is 91.8 cm³/mol. The van der Waals surface area contributed by atoms with Gasteiger partial charge >= 0.3 is 6.18 Å². The molecule has 0 unspecified atom stereocenters. The fourth-order valence-electron chi connectivity index (χ4n) is 2.32. The minimum Gasteiger partial charge on any atom is -0.496 e. The van der Waals surface area contributed by atoms with E-state index >= 15 is 0 Å². The van der Waals surface area contributed by atoms with Crippen molar-refractivity contribution in [1.82, 2.24) is 5.32 Å². The van der Waals surface area contributed by atoms with Gasteiger partial charge in [0.1, 0.15) is 5.75 Å². The molecular weight excluding hydrogens is 385 g/mol. The van der Waals surface area contributed by atoms with Crippen LogP contribution in [0.5, 0.6) is 5.75 Å². The molecule has 0 spiro atoms. The molecule has 0 radical (unpaired) electrons. The molecule has 1 amide bonds. The summed E-state index contributed by atoms with van der Waals surface area (Å²) < 4.78 is 65.5. The number of hydrogen-bond acceptors (Lipinski definition) is 4. The third kappa shape index (κ3) is 5.44. The summed E-state index contributed by atoms with van der Waals surface area (Å²) in [7, 11) is -2.67. The lowest BCUT2D eigenvalue weighted by Crippen LogP contribution is -2.26. The Morgan fingerprint density at radius 3 is 2.30 bits per heavy atom. The van der Waals surface area contributed by atoms with Crippen molar-refractivity contribution in [2.75, 3.05) is 13.7 Å². The second kappa shape index (κ2) is 7.97. The van der Waals surface area contributed by atoms with Crippen molar-refractivity contribution in [3.05, 3.63) is 59.2 Å². The Bertz CT molecular complexity index is 926. The molecule has 0 aromatic heterocycles. The zero-order valence-electron chi connectivity index (χ0n) is 14.2. The molecule has 0 saturated carbocycles. The summed E-state index contributed by atoms with van der Waals surface area (Å²) in [6.07, 6.45) is -4.11. The first-order chi connectivity index (χ1) is 12.5. The van der Waals surface area contributed by atoms with Gasteiger partial charge in [-0.1, -0.05) is 12.1 Å². The van der Waals surface area contributed by atoms with Gasteiger partial charge in [-0.3, -0.25) is 4.79 Å². The topological polar surface area (TPSA) is 98.5 Å². The van der Waals surface area contributed by atoms with E-state index in [0.29, 0.717) is 12.0 Å². The molecule has 0 aliphatic carbocycles. The van der Waals surface area contributed by atoms with Crippen LogP contribution in [0.15, 0.2) is 47.4 Å². The maximum Gasteiger partial charge on any atom is 0.416 e. The summed E-state index contributed by atoms with van der Waals surface area (Å²) in [6, 6.07) is 8.22. The number of alkyl halides is 3. The van der Waals surface area contributed by atoms with Gasteiger partial charge in [0.15, 0.2) is 0 Å². The lowest BCUT2D eigenvalue weighted by Gasteiger charge is -2.11. The molecule has 0 atom stereocenters. The second-order valence-corrected chi connectivity index (χ2v) is 7.17. The van der Waals surface area contributed by atoms with Crippen molar-refractivity contribution < 1.29 is 31.1 Å². The van der Waals surface area contributed by atoms with Crippen LogP contribution in [0.3, 0.4) is 0 Å². The number of carbonyl (C=O) groups excluding carboxylic acids is 1. The van der Waals surface area contributed by atoms with E-state index < -0.39 is 27.7 Å². The molecule has 0 saturated heterocycles. The van der Waals surface area contributed by atoms with Gasteiger partial charge in [0.25, 0.3) is 5.91 Å². The van der Waals surface area contributed by atoms with Crippen LogP contribution in [0, 0.1) is 0 Å². The van der Waals surface area contributed by atoms with E-state index in [1.54, 1.807) is 0 Å². The average Bonchev–Trinajstić information content (AvgIpc) is 2.60. The minimum absolute atomic E-state index is 0.0172. The molecule has 10 heteroatoms. The summed E-state index contributed by atoms with van der Waals surface area (Å²) in [5.41, 5.74) is -0.162. The third-order valence-corrected chi connectivity index (χ3v) is 4.64. The second-order valence-electron chi connectivity index (χ2n) is 5.61. The Balaban J connectivity index is 2.05. The Morgan fingerprint density at radius 2 is 1.78 bits per heavy atom. The highest BCUT2D eigenvalue weighted by Gasteiger charge is 2.29. The number of nitrogens with two attached hydrogens (primary N) is 1. The van der Waals surface area contributed by atoms with E-state index in [0.717, 1.165) is 18.2 Å². The maximum absolute atomic E-state index is 12.5. The Morgan fingerprint density at radius 1 is 1.15 bits per heavy atom. The number of primary sulfonamides is 1. The van der Waals surface area contributed by atoms with E-state index in [2.05, 4.69) is 5.32 Å². The standard InChI is InChI=1S/C17H17F3N2O4S/c1-26-15-7-6-13(27(21,24)25)10-14(15)16(23)22-9-8-11-2-4-12(5-3-11)17(18,19)20/h2-7,10H,8-9H2,1H3,(H,22,23)(H2,21,24,25). The number of amides is 1. The van der Waals surface area contributed by atoms with Crippen molar-refractivity contribution in [2.45, 2.75) is 17.5 Å². The highest BCUT2D eigenvalue weighted by molar-refractivity contribution is 7.89. The normalized spacial score (nSPS) is 11.9. The fourth-order valence-corrected chi connectivity index (χ4v) is 2.86. The number of carbonyl (C=O) groups is 1. The lowest BCUT2D eigenvalue weighted by atomic mass is 10.1. The van der Waals surface area contributed by atoms with Gasteiger partial charge < -0.3 is 10.1 Å². The Hall–Kier alpha value is -2.59. The van der Waals surface area contributed by atoms with Crippen LogP contribution in [-0.4, -0.2) is 28.0 Å². The van der Waals surface area contributed by atoms with E-state index in [1.807, 2.05) is 0 Å². The number of hydrogen-bond donors (Lipinski definition) is 2. The molecule has 27 heavy (non-hydrogen) atoms. The summed E-state index contributed by atoms with van der Waals surface area (Å²) >= 11 is 0. The maximum atomic E-state index is 12.5.